The summed E-state index contributed by atoms with van der Waals surface area (Å²) >= 11 is 1.75. The fourth-order valence-corrected chi connectivity index (χ4v) is 4.83. The Morgan fingerprint density at radius 2 is 1.68 bits per heavy atom. The monoisotopic (exact) mass is 405 g/mol. The summed E-state index contributed by atoms with van der Waals surface area (Å²) in [6, 6.07) is 8.06. The van der Waals surface area contributed by atoms with Gasteiger partial charge in [0.1, 0.15) is 5.75 Å². The molecule has 2 heterocycles. The lowest BCUT2D eigenvalue weighted by Crippen LogP contribution is -2.39. The van der Waals surface area contributed by atoms with Crippen LogP contribution < -0.4 is 14.2 Å². The van der Waals surface area contributed by atoms with Crippen molar-refractivity contribution in [2.45, 2.75) is 25.8 Å². The number of likely N-dealkylation sites (tertiary alicyclic amines) is 1. The highest BCUT2D eigenvalue weighted by Crippen LogP contribution is 2.44. The molecule has 2 aromatic rings. The van der Waals surface area contributed by atoms with E-state index >= 15 is 0 Å². The summed E-state index contributed by atoms with van der Waals surface area (Å²) in [6.07, 6.45) is 1.29. The van der Waals surface area contributed by atoms with E-state index in [2.05, 4.69) is 24.0 Å². The number of aliphatic carboxylic acids is 1. The lowest BCUT2D eigenvalue weighted by Gasteiger charge is -2.37. The minimum Gasteiger partial charge on any atom is -0.496 e. The summed E-state index contributed by atoms with van der Waals surface area (Å²) in [6.45, 7) is 3.53. The van der Waals surface area contributed by atoms with Gasteiger partial charge in [-0.1, -0.05) is 0 Å². The third-order valence-electron chi connectivity index (χ3n) is 5.31. The van der Waals surface area contributed by atoms with E-state index < -0.39 is 5.97 Å². The van der Waals surface area contributed by atoms with E-state index in [-0.39, 0.29) is 12.0 Å². The summed E-state index contributed by atoms with van der Waals surface area (Å²) in [5, 5.41) is 9.34. The highest BCUT2D eigenvalue weighted by Gasteiger charge is 2.33. The second-order valence-electron chi connectivity index (χ2n) is 6.95. The van der Waals surface area contributed by atoms with Crippen molar-refractivity contribution in [3.63, 3.8) is 0 Å². The number of rotatable bonds is 7. The molecule has 28 heavy (non-hydrogen) atoms. The van der Waals surface area contributed by atoms with Gasteiger partial charge in [0, 0.05) is 21.4 Å². The topological polar surface area (TPSA) is 68.2 Å². The molecule has 1 saturated heterocycles. The van der Waals surface area contributed by atoms with Crippen LogP contribution in [-0.4, -0.2) is 50.4 Å². The Bertz CT molecular complexity index is 826. The number of methoxy groups -OCH3 is 3. The van der Waals surface area contributed by atoms with E-state index in [0.29, 0.717) is 24.3 Å². The number of carboxylic acid groups (broad SMARTS) is 1. The average Bonchev–Trinajstić information content (AvgIpc) is 3.13. The van der Waals surface area contributed by atoms with Crippen molar-refractivity contribution in [2.24, 2.45) is 5.92 Å². The molecular weight excluding hydrogens is 378 g/mol. The van der Waals surface area contributed by atoms with Crippen LogP contribution in [0.1, 0.15) is 34.2 Å². The van der Waals surface area contributed by atoms with E-state index in [1.807, 2.05) is 12.1 Å². The Hall–Kier alpha value is -2.25. The summed E-state index contributed by atoms with van der Waals surface area (Å²) in [5.74, 6) is 1.03. The van der Waals surface area contributed by atoms with Crippen LogP contribution in [0.15, 0.2) is 24.3 Å². The summed E-state index contributed by atoms with van der Waals surface area (Å²) in [5.41, 5.74) is 0.996. The van der Waals surface area contributed by atoms with Gasteiger partial charge in [-0.2, -0.15) is 0 Å². The van der Waals surface area contributed by atoms with Crippen LogP contribution >= 0.6 is 11.3 Å². The van der Waals surface area contributed by atoms with Gasteiger partial charge in [0.05, 0.1) is 33.3 Å². The Kier molecular flexibility index (Phi) is 6.46. The van der Waals surface area contributed by atoms with Crippen molar-refractivity contribution in [3.8, 4) is 17.2 Å². The van der Waals surface area contributed by atoms with Gasteiger partial charge < -0.3 is 19.3 Å². The molecule has 1 N–H and O–H groups in total. The van der Waals surface area contributed by atoms with Gasteiger partial charge in [-0.3, -0.25) is 9.69 Å². The van der Waals surface area contributed by atoms with Crippen molar-refractivity contribution in [1.29, 1.82) is 0 Å². The maximum atomic E-state index is 11.4. The quantitative estimate of drug-likeness (QED) is 0.752. The van der Waals surface area contributed by atoms with Crippen LogP contribution in [0.4, 0.5) is 0 Å². The third kappa shape index (κ3) is 4.10. The number of hydrogen-bond donors (Lipinski definition) is 1. The molecule has 1 aromatic carbocycles. The molecule has 1 aromatic heterocycles. The number of carbonyl (C=O) groups is 1. The fraction of sp³-hybridized carbons (Fsp3) is 0.476. The Morgan fingerprint density at radius 1 is 1.07 bits per heavy atom. The second kappa shape index (κ2) is 8.84. The summed E-state index contributed by atoms with van der Waals surface area (Å²) < 4.78 is 16.7. The number of nitrogens with zero attached hydrogens (tertiary/aromatic N) is 1. The minimum absolute atomic E-state index is 0.0248. The molecular formula is C21H27NO5S. The smallest absolute Gasteiger partial charge is 0.306 e. The SMILES string of the molecule is COc1cc(OC)c(C(c2ccc(C)s2)N2CCC(C(=O)O)CC2)cc1OC. The van der Waals surface area contributed by atoms with Crippen LogP contribution in [0.2, 0.25) is 0 Å². The lowest BCUT2D eigenvalue weighted by atomic mass is 9.93. The van der Waals surface area contributed by atoms with Crippen LogP contribution in [0.25, 0.3) is 0 Å². The largest absolute Gasteiger partial charge is 0.496 e. The molecule has 0 aliphatic carbocycles. The molecule has 0 bridgehead atoms. The number of carboxylic acids is 1. The first kappa shape index (κ1) is 20.5. The number of hydrogen-bond acceptors (Lipinski definition) is 6. The summed E-state index contributed by atoms with van der Waals surface area (Å²) in [4.78, 5) is 16.1. The molecule has 1 unspecified atom stereocenters. The van der Waals surface area contributed by atoms with Gasteiger partial charge in [0.2, 0.25) is 0 Å². The van der Waals surface area contributed by atoms with E-state index in [1.54, 1.807) is 32.7 Å². The van der Waals surface area contributed by atoms with E-state index in [4.69, 9.17) is 14.2 Å². The Labute approximate surface area is 169 Å². The molecule has 0 spiro atoms. The van der Waals surface area contributed by atoms with Gasteiger partial charge in [0.25, 0.3) is 0 Å². The lowest BCUT2D eigenvalue weighted by molar-refractivity contribution is -0.143. The normalized spacial score (nSPS) is 16.6. The minimum atomic E-state index is -0.702. The summed E-state index contributed by atoms with van der Waals surface area (Å²) in [7, 11) is 4.88. The maximum absolute atomic E-state index is 11.4. The van der Waals surface area contributed by atoms with Crippen molar-refractivity contribution in [3.05, 3.63) is 39.6 Å². The van der Waals surface area contributed by atoms with Gasteiger partial charge in [0.15, 0.2) is 11.5 Å². The maximum Gasteiger partial charge on any atom is 0.306 e. The van der Waals surface area contributed by atoms with E-state index in [0.717, 1.165) is 24.4 Å². The molecule has 0 amide bonds. The van der Waals surface area contributed by atoms with Crippen molar-refractivity contribution >= 4 is 17.3 Å². The van der Waals surface area contributed by atoms with E-state index in [9.17, 15) is 9.90 Å². The molecule has 1 aliphatic heterocycles. The standard InChI is InChI=1S/C21H27NO5S/c1-13-5-6-19(28-13)20(22-9-7-14(8-10-22)21(23)24)15-11-17(26-3)18(27-4)12-16(15)25-2/h5-6,11-12,14,20H,7-10H2,1-4H3,(H,23,24). The van der Waals surface area contributed by atoms with E-state index in [1.165, 1.54) is 9.75 Å². The fourth-order valence-electron chi connectivity index (χ4n) is 3.80. The molecule has 3 rings (SSSR count). The molecule has 7 heteroatoms. The second-order valence-corrected chi connectivity index (χ2v) is 8.27. The van der Waals surface area contributed by atoms with Crippen LogP contribution in [0, 0.1) is 12.8 Å². The molecule has 152 valence electrons. The first-order chi connectivity index (χ1) is 13.5. The predicted octanol–water partition coefficient (Wildman–Crippen LogP) is 3.97. The van der Waals surface area contributed by atoms with Gasteiger partial charge in [-0.05, 0) is 51.1 Å². The Morgan fingerprint density at radius 3 is 2.18 bits per heavy atom. The molecule has 1 atom stereocenters. The highest BCUT2D eigenvalue weighted by atomic mass is 32.1. The first-order valence-corrected chi connectivity index (χ1v) is 10.1. The number of ether oxygens (including phenoxy) is 3. The zero-order valence-electron chi connectivity index (χ0n) is 16.7. The molecule has 0 saturated carbocycles. The molecule has 0 radical (unpaired) electrons. The Balaban J connectivity index is 2.04. The number of aryl methyl sites for hydroxylation is 1. The zero-order valence-corrected chi connectivity index (χ0v) is 17.5. The van der Waals surface area contributed by atoms with Crippen LogP contribution in [0.3, 0.4) is 0 Å². The number of thiophene rings is 1. The first-order valence-electron chi connectivity index (χ1n) is 9.31. The van der Waals surface area contributed by atoms with Gasteiger partial charge in [-0.25, -0.2) is 0 Å². The van der Waals surface area contributed by atoms with Gasteiger partial charge in [-0.15, -0.1) is 11.3 Å². The van der Waals surface area contributed by atoms with Crippen LogP contribution in [-0.2, 0) is 4.79 Å². The average molecular weight is 406 g/mol. The van der Waals surface area contributed by atoms with Crippen molar-refractivity contribution in [1.82, 2.24) is 4.90 Å². The van der Waals surface area contributed by atoms with Crippen molar-refractivity contribution in [2.75, 3.05) is 34.4 Å². The number of piperidine rings is 1. The van der Waals surface area contributed by atoms with Crippen LogP contribution in [0.5, 0.6) is 17.2 Å². The molecule has 1 aliphatic rings. The predicted molar refractivity (Wildman–Crippen MR) is 109 cm³/mol. The highest BCUT2D eigenvalue weighted by molar-refractivity contribution is 7.12. The number of benzene rings is 1. The van der Waals surface area contributed by atoms with Crippen molar-refractivity contribution < 1.29 is 24.1 Å². The van der Waals surface area contributed by atoms with Gasteiger partial charge >= 0.3 is 5.97 Å². The molecule has 1 fully saturated rings. The zero-order chi connectivity index (χ0) is 20.3. The molecule has 6 nitrogen and oxygen atoms in total. The third-order valence-corrected chi connectivity index (χ3v) is 6.36.